The maximum atomic E-state index is 11.7. The molecule has 0 aromatic carbocycles. The first-order valence-electron chi connectivity index (χ1n) is 8.32. The summed E-state index contributed by atoms with van der Waals surface area (Å²) in [5, 5.41) is 8.57. The number of methoxy groups -OCH3 is 1. The van der Waals surface area contributed by atoms with Gasteiger partial charge in [0.25, 0.3) is 0 Å². The van der Waals surface area contributed by atoms with Gasteiger partial charge >= 0.3 is 5.97 Å². The Morgan fingerprint density at radius 1 is 1.35 bits per heavy atom. The van der Waals surface area contributed by atoms with Crippen molar-refractivity contribution in [2.75, 3.05) is 25.1 Å². The van der Waals surface area contributed by atoms with Gasteiger partial charge < -0.3 is 9.64 Å². The molecule has 0 bridgehead atoms. The second-order valence-electron chi connectivity index (χ2n) is 6.14. The highest BCUT2D eigenvalue weighted by atomic mass is 35.5. The number of hydrogen-bond acceptors (Lipinski definition) is 7. The van der Waals surface area contributed by atoms with Gasteiger partial charge in [0.1, 0.15) is 5.82 Å². The molecular formula is C17H17ClN6O2. The molecule has 0 radical (unpaired) electrons. The number of esters is 1. The molecule has 26 heavy (non-hydrogen) atoms. The highest BCUT2D eigenvalue weighted by Crippen LogP contribution is 2.32. The molecule has 0 spiro atoms. The minimum absolute atomic E-state index is 0.0365. The van der Waals surface area contributed by atoms with E-state index in [1.54, 1.807) is 12.3 Å². The molecule has 1 N–H and O–H groups in total. The van der Waals surface area contributed by atoms with E-state index in [4.69, 9.17) is 16.3 Å². The number of piperidine rings is 1. The number of nitrogens with one attached hydrogen (secondary N) is 1. The molecule has 134 valence electrons. The molecule has 0 amide bonds. The fourth-order valence-corrected chi connectivity index (χ4v) is 3.52. The van der Waals surface area contributed by atoms with E-state index in [1.807, 2.05) is 12.1 Å². The van der Waals surface area contributed by atoms with Crippen molar-refractivity contribution in [2.45, 2.75) is 18.8 Å². The van der Waals surface area contributed by atoms with Crippen molar-refractivity contribution in [3.8, 4) is 0 Å². The Balaban J connectivity index is 1.52. The summed E-state index contributed by atoms with van der Waals surface area (Å²) in [6, 6.07) is 5.58. The van der Waals surface area contributed by atoms with E-state index in [0.29, 0.717) is 11.7 Å². The van der Waals surface area contributed by atoms with Crippen LogP contribution in [0.5, 0.6) is 0 Å². The molecule has 3 aromatic rings. The van der Waals surface area contributed by atoms with Crippen molar-refractivity contribution in [2.24, 2.45) is 0 Å². The van der Waals surface area contributed by atoms with Crippen molar-refractivity contribution < 1.29 is 9.53 Å². The molecule has 4 heterocycles. The first-order chi connectivity index (χ1) is 12.7. The molecule has 1 aliphatic rings. The molecule has 1 aliphatic heterocycles. The topological polar surface area (TPSA) is 96.9 Å². The molecule has 1 saturated heterocycles. The Morgan fingerprint density at radius 2 is 2.15 bits per heavy atom. The average molecular weight is 373 g/mol. The number of aromatic nitrogens is 5. The van der Waals surface area contributed by atoms with Crippen LogP contribution < -0.4 is 4.90 Å². The molecule has 8 nitrogen and oxygen atoms in total. The number of carbonyl (C=O) groups is 1. The lowest BCUT2D eigenvalue weighted by atomic mass is 9.92. The Morgan fingerprint density at radius 3 is 2.92 bits per heavy atom. The summed E-state index contributed by atoms with van der Waals surface area (Å²) in [7, 11) is 1.31. The Hall–Kier alpha value is -2.74. The van der Waals surface area contributed by atoms with Crippen molar-refractivity contribution in [1.29, 1.82) is 0 Å². The van der Waals surface area contributed by atoms with Crippen LogP contribution in [0.3, 0.4) is 0 Å². The van der Waals surface area contributed by atoms with E-state index in [-0.39, 0.29) is 11.0 Å². The fraction of sp³-hybridized carbons (Fsp3) is 0.353. The first kappa shape index (κ1) is 16.7. The number of anilines is 1. The van der Waals surface area contributed by atoms with Crippen LogP contribution in [0.15, 0.2) is 24.4 Å². The summed E-state index contributed by atoms with van der Waals surface area (Å²) >= 11 is 5.97. The summed E-state index contributed by atoms with van der Waals surface area (Å²) in [4.78, 5) is 26.3. The molecule has 4 rings (SSSR count). The number of rotatable bonds is 3. The number of nitrogens with zero attached hydrogens (tertiary/aromatic N) is 5. The summed E-state index contributed by atoms with van der Waals surface area (Å²) in [5.74, 6) is 0.458. The SMILES string of the molecule is COC(=O)c1cc(N2CCC(c3n[nH]c4ncccc34)CC2)nc(Cl)n1. The van der Waals surface area contributed by atoms with Crippen LogP contribution in [0, 0.1) is 0 Å². The molecule has 0 saturated carbocycles. The lowest BCUT2D eigenvalue weighted by molar-refractivity contribution is 0.0594. The van der Waals surface area contributed by atoms with Crippen LogP contribution in [0.2, 0.25) is 5.28 Å². The first-order valence-corrected chi connectivity index (χ1v) is 8.70. The predicted molar refractivity (Wildman–Crippen MR) is 96.5 cm³/mol. The predicted octanol–water partition coefficient (Wildman–Crippen LogP) is 2.57. The van der Waals surface area contributed by atoms with Gasteiger partial charge in [0.15, 0.2) is 11.3 Å². The third-order valence-electron chi connectivity index (χ3n) is 4.65. The maximum Gasteiger partial charge on any atom is 0.356 e. The summed E-state index contributed by atoms with van der Waals surface area (Å²) in [6.45, 7) is 1.57. The van der Waals surface area contributed by atoms with Gasteiger partial charge in [-0.05, 0) is 36.6 Å². The number of pyridine rings is 1. The van der Waals surface area contributed by atoms with Gasteiger partial charge in [0, 0.05) is 36.7 Å². The number of aromatic amines is 1. The maximum absolute atomic E-state index is 11.7. The lowest BCUT2D eigenvalue weighted by Gasteiger charge is -2.32. The molecule has 0 unspecified atom stereocenters. The summed E-state index contributed by atoms with van der Waals surface area (Å²) in [5.41, 5.74) is 2.04. The fourth-order valence-electron chi connectivity index (χ4n) is 3.34. The van der Waals surface area contributed by atoms with E-state index in [0.717, 1.165) is 42.7 Å². The van der Waals surface area contributed by atoms with Crippen LogP contribution in [0.4, 0.5) is 5.82 Å². The monoisotopic (exact) mass is 372 g/mol. The van der Waals surface area contributed by atoms with Crippen molar-refractivity contribution in [3.63, 3.8) is 0 Å². The molecule has 9 heteroatoms. The third kappa shape index (κ3) is 3.08. The van der Waals surface area contributed by atoms with E-state index in [1.165, 1.54) is 7.11 Å². The number of carbonyl (C=O) groups excluding carboxylic acids is 1. The second-order valence-corrected chi connectivity index (χ2v) is 6.48. The van der Waals surface area contributed by atoms with Crippen LogP contribution in [-0.4, -0.2) is 51.3 Å². The Bertz CT molecular complexity index is 951. The third-order valence-corrected chi connectivity index (χ3v) is 4.82. The molecular weight excluding hydrogens is 356 g/mol. The zero-order valence-corrected chi connectivity index (χ0v) is 14.9. The van der Waals surface area contributed by atoms with E-state index >= 15 is 0 Å². The minimum atomic E-state index is -0.527. The van der Waals surface area contributed by atoms with E-state index in [9.17, 15) is 4.79 Å². The van der Waals surface area contributed by atoms with Crippen molar-refractivity contribution in [1.82, 2.24) is 25.1 Å². The number of ether oxygens (including phenoxy) is 1. The number of fused-ring (bicyclic) bond motifs is 1. The minimum Gasteiger partial charge on any atom is -0.464 e. The quantitative estimate of drug-likeness (QED) is 0.557. The highest BCUT2D eigenvalue weighted by Gasteiger charge is 2.26. The smallest absolute Gasteiger partial charge is 0.356 e. The van der Waals surface area contributed by atoms with Crippen molar-refractivity contribution in [3.05, 3.63) is 41.1 Å². The average Bonchev–Trinajstić information content (AvgIpc) is 3.11. The lowest BCUT2D eigenvalue weighted by Crippen LogP contribution is -2.34. The second kappa shape index (κ2) is 6.87. The number of halogens is 1. The zero-order chi connectivity index (χ0) is 18.1. The highest BCUT2D eigenvalue weighted by molar-refractivity contribution is 6.28. The standard InChI is InChI=1S/C17H17ClN6O2/c1-26-16(25)12-9-13(21-17(18)20-12)24-7-4-10(5-8-24)14-11-3-2-6-19-15(11)23-22-14/h2-3,6,9-10H,4-5,7-8H2,1H3,(H,19,22,23). The van der Waals surface area contributed by atoms with Gasteiger partial charge in [-0.15, -0.1) is 0 Å². The van der Waals surface area contributed by atoms with Gasteiger partial charge in [-0.2, -0.15) is 5.10 Å². The largest absolute Gasteiger partial charge is 0.464 e. The zero-order valence-electron chi connectivity index (χ0n) is 14.1. The van der Waals surface area contributed by atoms with E-state index < -0.39 is 5.97 Å². The van der Waals surface area contributed by atoms with Crippen LogP contribution >= 0.6 is 11.6 Å². The molecule has 0 atom stereocenters. The molecule has 0 aliphatic carbocycles. The molecule has 3 aromatic heterocycles. The number of H-pyrrole nitrogens is 1. The Kier molecular flexibility index (Phi) is 4.42. The molecule has 1 fully saturated rings. The van der Waals surface area contributed by atoms with Crippen LogP contribution in [0.25, 0.3) is 11.0 Å². The van der Waals surface area contributed by atoms with Gasteiger partial charge in [-0.25, -0.2) is 19.7 Å². The summed E-state index contributed by atoms with van der Waals surface area (Å²) < 4.78 is 4.72. The van der Waals surface area contributed by atoms with Gasteiger partial charge in [-0.1, -0.05) is 0 Å². The van der Waals surface area contributed by atoms with E-state index in [2.05, 4.69) is 30.0 Å². The number of hydrogen-bond donors (Lipinski definition) is 1. The van der Waals surface area contributed by atoms with Crippen LogP contribution in [0.1, 0.15) is 34.9 Å². The van der Waals surface area contributed by atoms with Gasteiger partial charge in [0.05, 0.1) is 12.8 Å². The van der Waals surface area contributed by atoms with Crippen LogP contribution in [-0.2, 0) is 4.74 Å². The Labute approximate surface area is 154 Å². The van der Waals surface area contributed by atoms with Crippen molar-refractivity contribution >= 4 is 34.4 Å². The normalized spacial score (nSPS) is 15.4. The van der Waals surface area contributed by atoms with Gasteiger partial charge in [0.2, 0.25) is 5.28 Å². The van der Waals surface area contributed by atoms with Gasteiger partial charge in [-0.3, -0.25) is 5.10 Å². The summed E-state index contributed by atoms with van der Waals surface area (Å²) in [6.07, 6.45) is 3.60.